The molecule has 128 valence electrons. The van der Waals surface area contributed by atoms with E-state index in [1.54, 1.807) is 12.1 Å². The van der Waals surface area contributed by atoms with Crippen LogP contribution in [0, 0.1) is 0 Å². The zero-order valence-electron chi connectivity index (χ0n) is 14.4. The van der Waals surface area contributed by atoms with Gasteiger partial charge in [-0.3, -0.25) is 0 Å². The molecule has 0 fully saturated rings. The molecule has 0 aliphatic rings. The van der Waals surface area contributed by atoms with Crippen molar-refractivity contribution in [3.8, 4) is 11.5 Å². The van der Waals surface area contributed by atoms with Crippen LogP contribution in [0.5, 0.6) is 11.5 Å². The topological polar surface area (TPSA) is 53.5 Å². The Morgan fingerprint density at radius 3 is 1.40 bits per heavy atom. The van der Waals surface area contributed by atoms with Crippen molar-refractivity contribution in [1.82, 2.24) is 0 Å². The minimum absolute atomic E-state index is 0.174. The predicted molar refractivity (Wildman–Crippen MR) is 103 cm³/mol. The van der Waals surface area contributed by atoms with Crippen molar-refractivity contribution in [2.75, 3.05) is 10.6 Å². The molecule has 0 bridgehead atoms. The fraction of sp³-hybridized carbons (Fsp3) is 0.143. The number of phenolic OH excluding ortho intramolecular Hbond substituents is 1. The standard InChI is InChI=1S/C21H22N2O2/c1-15(2)25-21-13-9-19(10-14-21)23-17-5-3-16(4-6-17)22-18-7-11-20(24)12-8-18/h3-15,22-24H,1-2H3. The van der Waals surface area contributed by atoms with Crippen LogP contribution in [-0.4, -0.2) is 11.2 Å². The molecule has 3 rings (SSSR count). The first-order valence-electron chi connectivity index (χ1n) is 8.28. The van der Waals surface area contributed by atoms with E-state index >= 15 is 0 Å². The molecule has 0 aromatic heterocycles. The summed E-state index contributed by atoms with van der Waals surface area (Å²) in [5, 5.41) is 16.0. The molecule has 3 N–H and O–H groups in total. The molecule has 0 atom stereocenters. The molecular weight excluding hydrogens is 312 g/mol. The highest BCUT2D eigenvalue weighted by Gasteiger charge is 2.00. The quantitative estimate of drug-likeness (QED) is 0.509. The molecule has 0 unspecified atom stereocenters. The van der Waals surface area contributed by atoms with Gasteiger partial charge in [0, 0.05) is 22.7 Å². The van der Waals surface area contributed by atoms with E-state index < -0.39 is 0 Å². The second-order valence-electron chi connectivity index (χ2n) is 6.07. The lowest BCUT2D eigenvalue weighted by atomic mass is 10.2. The smallest absolute Gasteiger partial charge is 0.119 e. The minimum Gasteiger partial charge on any atom is -0.508 e. The Morgan fingerprint density at radius 2 is 1.00 bits per heavy atom. The molecular formula is C21H22N2O2. The summed E-state index contributed by atoms with van der Waals surface area (Å²) in [6, 6.07) is 23.0. The number of hydrogen-bond donors (Lipinski definition) is 3. The Kier molecular flexibility index (Phi) is 5.09. The summed E-state index contributed by atoms with van der Waals surface area (Å²) < 4.78 is 5.65. The molecule has 0 heterocycles. The number of nitrogens with one attached hydrogen (secondary N) is 2. The van der Waals surface area contributed by atoms with Crippen LogP contribution < -0.4 is 15.4 Å². The Labute approximate surface area is 148 Å². The molecule has 0 aliphatic heterocycles. The van der Waals surface area contributed by atoms with E-state index in [9.17, 15) is 5.11 Å². The van der Waals surface area contributed by atoms with E-state index in [2.05, 4.69) is 10.6 Å². The van der Waals surface area contributed by atoms with Crippen LogP contribution in [0.2, 0.25) is 0 Å². The molecule has 4 nitrogen and oxygen atoms in total. The molecule has 0 saturated heterocycles. The third-order valence-electron chi connectivity index (χ3n) is 3.56. The molecule has 25 heavy (non-hydrogen) atoms. The van der Waals surface area contributed by atoms with Crippen molar-refractivity contribution in [2.45, 2.75) is 20.0 Å². The average Bonchev–Trinajstić information content (AvgIpc) is 2.60. The lowest BCUT2D eigenvalue weighted by Crippen LogP contribution is -2.05. The maximum atomic E-state index is 9.32. The van der Waals surface area contributed by atoms with Gasteiger partial charge >= 0.3 is 0 Å². The highest BCUT2D eigenvalue weighted by molar-refractivity contribution is 5.66. The number of phenols is 1. The van der Waals surface area contributed by atoms with E-state index in [-0.39, 0.29) is 11.9 Å². The molecule has 4 heteroatoms. The van der Waals surface area contributed by atoms with E-state index in [0.29, 0.717) is 0 Å². The number of benzene rings is 3. The summed E-state index contributed by atoms with van der Waals surface area (Å²) >= 11 is 0. The van der Waals surface area contributed by atoms with Crippen LogP contribution in [0.15, 0.2) is 72.8 Å². The molecule has 0 spiro atoms. The third-order valence-corrected chi connectivity index (χ3v) is 3.56. The van der Waals surface area contributed by atoms with Crippen molar-refractivity contribution in [1.29, 1.82) is 0 Å². The van der Waals surface area contributed by atoms with Gasteiger partial charge in [0.2, 0.25) is 0 Å². The number of ether oxygens (including phenoxy) is 1. The van der Waals surface area contributed by atoms with Crippen molar-refractivity contribution in [3.05, 3.63) is 72.8 Å². The maximum absolute atomic E-state index is 9.32. The normalized spacial score (nSPS) is 10.5. The van der Waals surface area contributed by atoms with Gasteiger partial charge in [0.05, 0.1) is 6.10 Å². The maximum Gasteiger partial charge on any atom is 0.119 e. The van der Waals surface area contributed by atoms with Crippen LogP contribution in [0.4, 0.5) is 22.7 Å². The van der Waals surface area contributed by atoms with Gasteiger partial charge in [-0.05, 0) is 86.6 Å². The fourth-order valence-electron chi connectivity index (χ4n) is 2.40. The van der Waals surface area contributed by atoms with E-state index in [1.165, 1.54) is 0 Å². The zero-order valence-corrected chi connectivity index (χ0v) is 14.4. The van der Waals surface area contributed by atoms with Crippen LogP contribution in [0.25, 0.3) is 0 Å². The Morgan fingerprint density at radius 1 is 0.640 bits per heavy atom. The number of aromatic hydroxyl groups is 1. The summed E-state index contributed by atoms with van der Waals surface area (Å²) in [7, 11) is 0. The summed E-state index contributed by atoms with van der Waals surface area (Å²) in [4.78, 5) is 0. The number of hydrogen-bond acceptors (Lipinski definition) is 4. The first-order chi connectivity index (χ1) is 12.1. The van der Waals surface area contributed by atoms with Crippen LogP contribution in [-0.2, 0) is 0 Å². The largest absolute Gasteiger partial charge is 0.508 e. The van der Waals surface area contributed by atoms with Crippen molar-refractivity contribution in [3.63, 3.8) is 0 Å². The van der Waals surface area contributed by atoms with Crippen molar-refractivity contribution >= 4 is 22.7 Å². The van der Waals surface area contributed by atoms with E-state index in [0.717, 1.165) is 28.5 Å². The molecule has 0 amide bonds. The van der Waals surface area contributed by atoms with Gasteiger partial charge in [0.1, 0.15) is 11.5 Å². The van der Waals surface area contributed by atoms with Gasteiger partial charge in [0.25, 0.3) is 0 Å². The predicted octanol–water partition coefficient (Wildman–Crippen LogP) is 5.67. The molecule has 3 aromatic rings. The van der Waals surface area contributed by atoms with Crippen molar-refractivity contribution < 1.29 is 9.84 Å². The Hall–Kier alpha value is -3.14. The Bertz CT molecular complexity index is 795. The highest BCUT2D eigenvalue weighted by atomic mass is 16.5. The van der Waals surface area contributed by atoms with Crippen LogP contribution in [0.1, 0.15) is 13.8 Å². The summed E-state index contributed by atoms with van der Waals surface area (Å²) in [6.07, 6.45) is 0.174. The number of rotatable bonds is 6. The van der Waals surface area contributed by atoms with Gasteiger partial charge in [-0.2, -0.15) is 0 Å². The van der Waals surface area contributed by atoms with Gasteiger partial charge in [-0.15, -0.1) is 0 Å². The molecule has 0 saturated carbocycles. The van der Waals surface area contributed by atoms with E-state index in [1.807, 2.05) is 74.5 Å². The van der Waals surface area contributed by atoms with Crippen LogP contribution >= 0.6 is 0 Å². The first kappa shape index (κ1) is 16.7. The number of anilines is 4. The molecule has 0 radical (unpaired) electrons. The highest BCUT2D eigenvalue weighted by Crippen LogP contribution is 2.24. The summed E-state index contributed by atoms with van der Waals surface area (Å²) in [5.74, 6) is 1.13. The van der Waals surface area contributed by atoms with Crippen molar-refractivity contribution in [2.24, 2.45) is 0 Å². The lowest BCUT2D eigenvalue weighted by molar-refractivity contribution is 0.242. The summed E-state index contributed by atoms with van der Waals surface area (Å²) in [6.45, 7) is 4.03. The second-order valence-corrected chi connectivity index (χ2v) is 6.07. The van der Waals surface area contributed by atoms with Crippen LogP contribution in [0.3, 0.4) is 0 Å². The van der Waals surface area contributed by atoms with Gasteiger partial charge < -0.3 is 20.5 Å². The average molecular weight is 334 g/mol. The minimum atomic E-state index is 0.174. The first-order valence-corrected chi connectivity index (χ1v) is 8.28. The molecule has 3 aromatic carbocycles. The summed E-state index contributed by atoms with van der Waals surface area (Å²) in [5.41, 5.74) is 3.93. The SMILES string of the molecule is CC(C)Oc1ccc(Nc2ccc(Nc3ccc(O)cc3)cc2)cc1. The lowest BCUT2D eigenvalue weighted by Gasteiger charge is -2.12. The van der Waals surface area contributed by atoms with E-state index in [4.69, 9.17) is 4.74 Å². The second kappa shape index (κ2) is 7.62. The van der Waals surface area contributed by atoms with Gasteiger partial charge in [0.15, 0.2) is 0 Å². The van der Waals surface area contributed by atoms with Gasteiger partial charge in [-0.1, -0.05) is 0 Å². The van der Waals surface area contributed by atoms with Gasteiger partial charge in [-0.25, -0.2) is 0 Å². The monoisotopic (exact) mass is 334 g/mol. The zero-order chi connectivity index (χ0) is 17.6. The third kappa shape index (κ3) is 4.91. The fourth-order valence-corrected chi connectivity index (χ4v) is 2.40. The Balaban J connectivity index is 1.61. The molecule has 0 aliphatic carbocycles.